The SMILES string of the molecule is CN1CCC(CN2CC3(CCN(CC4(C)CC4)CC3)C2)CC1. The summed E-state index contributed by atoms with van der Waals surface area (Å²) in [6.07, 6.45) is 8.72. The molecule has 0 amide bonds. The molecule has 4 fully saturated rings. The van der Waals surface area contributed by atoms with Crippen LogP contribution in [-0.4, -0.2) is 74.1 Å². The summed E-state index contributed by atoms with van der Waals surface area (Å²) in [5.41, 5.74) is 1.41. The number of hydrogen-bond acceptors (Lipinski definition) is 3. The van der Waals surface area contributed by atoms with E-state index in [1.54, 1.807) is 0 Å². The Balaban J connectivity index is 1.17. The third-order valence-electron chi connectivity index (χ3n) is 7.10. The van der Waals surface area contributed by atoms with Crippen molar-refractivity contribution in [2.45, 2.75) is 45.4 Å². The van der Waals surface area contributed by atoms with Crippen LogP contribution in [0.4, 0.5) is 0 Å². The molecule has 1 spiro atoms. The number of nitrogens with zero attached hydrogens (tertiary/aromatic N) is 3. The predicted octanol–water partition coefficient (Wildman–Crippen LogP) is 2.53. The van der Waals surface area contributed by atoms with Crippen LogP contribution in [0.5, 0.6) is 0 Å². The zero-order chi connectivity index (χ0) is 15.2. The second kappa shape index (κ2) is 5.75. The van der Waals surface area contributed by atoms with Crippen molar-refractivity contribution in [2.75, 3.05) is 59.4 Å². The molecule has 0 N–H and O–H groups in total. The Bertz CT molecular complexity index is 379. The summed E-state index contributed by atoms with van der Waals surface area (Å²) in [7, 11) is 2.27. The summed E-state index contributed by atoms with van der Waals surface area (Å²) in [5, 5.41) is 0. The molecular formula is C19H35N3. The quantitative estimate of drug-likeness (QED) is 0.790. The van der Waals surface area contributed by atoms with E-state index in [1.165, 1.54) is 90.9 Å². The number of hydrogen-bond donors (Lipinski definition) is 0. The van der Waals surface area contributed by atoms with E-state index in [9.17, 15) is 0 Å². The number of rotatable bonds is 4. The maximum atomic E-state index is 2.77. The smallest absolute Gasteiger partial charge is 0.00516 e. The normalized spacial score (nSPS) is 33.0. The molecular weight excluding hydrogens is 270 g/mol. The largest absolute Gasteiger partial charge is 0.306 e. The topological polar surface area (TPSA) is 9.72 Å². The summed E-state index contributed by atoms with van der Waals surface area (Å²) >= 11 is 0. The van der Waals surface area contributed by atoms with Crippen LogP contribution in [0.1, 0.15) is 45.4 Å². The first-order chi connectivity index (χ1) is 10.5. The Labute approximate surface area is 137 Å². The highest BCUT2D eigenvalue weighted by Gasteiger charge is 2.46. The monoisotopic (exact) mass is 305 g/mol. The Morgan fingerprint density at radius 2 is 1.50 bits per heavy atom. The van der Waals surface area contributed by atoms with Crippen molar-refractivity contribution in [3.05, 3.63) is 0 Å². The van der Waals surface area contributed by atoms with Crippen molar-refractivity contribution in [1.82, 2.24) is 14.7 Å². The molecule has 3 saturated heterocycles. The maximum Gasteiger partial charge on any atom is 0.00516 e. The van der Waals surface area contributed by atoms with Gasteiger partial charge >= 0.3 is 0 Å². The summed E-state index contributed by atoms with van der Waals surface area (Å²) < 4.78 is 0. The van der Waals surface area contributed by atoms with E-state index in [0.29, 0.717) is 10.8 Å². The first-order valence-corrected chi connectivity index (χ1v) is 9.68. The summed E-state index contributed by atoms with van der Waals surface area (Å²) in [4.78, 5) is 8.02. The predicted molar refractivity (Wildman–Crippen MR) is 92.1 cm³/mol. The molecule has 0 aromatic rings. The standard InChI is InChI=1S/C19H35N3/c1-18(5-6-18)14-21-11-7-19(8-12-21)15-22(16-19)13-17-3-9-20(2)10-4-17/h17H,3-16H2,1-2H3. The molecule has 0 bridgehead atoms. The molecule has 3 nitrogen and oxygen atoms in total. The highest BCUT2D eigenvalue weighted by Crippen LogP contribution is 2.47. The molecule has 0 radical (unpaired) electrons. The zero-order valence-electron chi connectivity index (χ0n) is 14.8. The van der Waals surface area contributed by atoms with E-state index >= 15 is 0 Å². The van der Waals surface area contributed by atoms with Gasteiger partial charge in [0.05, 0.1) is 0 Å². The van der Waals surface area contributed by atoms with E-state index in [0.717, 1.165) is 5.92 Å². The van der Waals surface area contributed by atoms with Crippen LogP contribution in [0.15, 0.2) is 0 Å². The maximum absolute atomic E-state index is 2.77. The summed E-state index contributed by atoms with van der Waals surface area (Å²) in [5.74, 6) is 0.975. The molecule has 0 aromatic carbocycles. The van der Waals surface area contributed by atoms with Gasteiger partial charge in [-0.15, -0.1) is 0 Å². The highest BCUT2D eigenvalue weighted by molar-refractivity contribution is 5.00. The molecule has 126 valence electrons. The summed E-state index contributed by atoms with van der Waals surface area (Å²) in [6, 6.07) is 0. The van der Waals surface area contributed by atoms with Crippen LogP contribution >= 0.6 is 0 Å². The molecule has 0 atom stereocenters. The van der Waals surface area contributed by atoms with Crippen LogP contribution in [-0.2, 0) is 0 Å². The molecule has 4 rings (SSSR count). The molecule has 3 aliphatic heterocycles. The molecule has 0 unspecified atom stereocenters. The van der Waals surface area contributed by atoms with E-state index in [4.69, 9.17) is 0 Å². The van der Waals surface area contributed by atoms with Crippen molar-refractivity contribution >= 4 is 0 Å². The van der Waals surface area contributed by atoms with Gasteiger partial charge in [-0.2, -0.15) is 0 Å². The van der Waals surface area contributed by atoms with Gasteiger partial charge in [-0.3, -0.25) is 0 Å². The number of likely N-dealkylation sites (tertiary alicyclic amines) is 3. The molecule has 3 heteroatoms. The van der Waals surface area contributed by atoms with Gasteiger partial charge in [-0.25, -0.2) is 0 Å². The lowest BCUT2D eigenvalue weighted by Crippen LogP contribution is -2.61. The van der Waals surface area contributed by atoms with Gasteiger partial charge in [0.2, 0.25) is 0 Å². The van der Waals surface area contributed by atoms with E-state index in [-0.39, 0.29) is 0 Å². The van der Waals surface area contributed by atoms with Gasteiger partial charge in [0, 0.05) is 26.2 Å². The van der Waals surface area contributed by atoms with Gasteiger partial charge in [-0.1, -0.05) is 6.92 Å². The fourth-order valence-corrected chi connectivity index (χ4v) is 5.05. The van der Waals surface area contributed by atoms with Crippen molar-refractivity contribution in [3.8, 4) is 0 Å². The molecule has 22 heavy (non-hydrogen) atoms. The zero-order valence-corrected chi connectivity index (χ0v) is 14.8. The first kappa shape index (κ1) is 15.4. The van der Waals surface area contributed by atoms with Crippen molar-refractivity contribution in [1.29, 1.82) is 0 Å². The van der Waals surface area contributed by atoms with Crippen LogP contribution < -0.4 is 0 Å². The van der Waals surface area contributed by atoms with Gasteiger partial charge in [0.25, 0.3) is 0 Å². The second-order valence-electron chi connectivity index (χ2n) is 9.50. The molecule has 0 aromatic heterocycles. The average molecular weight is 306 g/mol. The minimum absolute atomic E-state index is 0.699. The Morgan fingerprint density at radius 1 is 0.864 bits per heavy atom. The second-order valence-corrected chi connectivity index (χ2v) is 9.50. The lowest BCUT2D eigenvalue weighted by atomic mass is 9.71. The molecule has 4 aliphatic rings. The Morgan fingerprint density at radius 3 is 2.09 bits per heavy atom. The first-order valence-electron chi connectivity index (χ1n) is 9.68. The Hall–Kier alpha value is -0.120. The summed E-state index contributed by atoms with van der Waals surface area (Å²) in [6.45, 7) is 13.4. The minimum atomic E-state index is 0.699. The highest BCUT2D eigenvalue weighted by atomic mass is 15.2. The minimum Gasteiger partial charge on any atom is -0.306 e. The van der Waals surface area contributed by atoms with Gasteiger partial charge in [-0.05, 0) is 88.5 Å². The average Bonchev–Trinajstić information content (AvgIpc) is 3.19. The lowest BCUT2D eigenvalue weighted by molar-refractivity contribution is -0.0584. The lowest BCUT2D eigenvalue weighted by Gasteiger charge is -2.55. The van der Waals surface area contributed by atoms with E-state index < -0.39 is 0 Å². The van der Waals surface area contributed by atoms with Crippen molar-refractivity contribution in [3.63, 3.8) is 0 Å². The van der Waals surface area contributed by atoms with Crippen LogP contribution in [0.3, 0.4) is 0 Å². The third-order valence-corrected chi connectivity index (χ3v) is 7.10. The van der Waals surface area contributed by atoms with E-state index in [1.807, 2.05) is 0 Å². The molecule has 1 saturated carbocycles. The molecule has 3 heterocycles. The van der Waals surface area contributed by atoms with Gasteiger partial charge < -0.3 is 14.7 Å². The molecule has 1 aliphatic carbocycles. The van der Waals surface area contributed by atoms with Gasteiger partial charge in [0.1, 0.15) is 0 Å². The fraction of sp³-hybridized carbons (Fsp3) is 1.00. The fourth-order valence-electron chi connectivity index (χ4n) is 5.05. The van der Waals surface area contributed by atoms with Crippen molar-refractivity contribution in [2.24, 2.45) is 16.7 Å². The van der Waals surface area contributed by atoms with Gasteiger partial charge in [0.15, 0.2) is 0 Å². The number of piperidine rings is 2. The van der Waals surface area contributed by atoms with Crippen molar-refractivity contribution < 1.29 is 0 Å². The third kappa shape index (κ3) is 3.37. The van der Waals surface area contributed by atoms with Crippen LogP contribution in [0.25, 0.3) is 0 Å². The van der Waals surface area contributed by atoms with E-state index in [2.05, 4.69) is 28.7 Å². The van der Waals surface area contributed by atoms with Crippen LogP contribution in [0.2, 0.25) is 0 Å². The van der Waals surface area contributed by atoms with Crippen LogP contribution in [0, 0.1) is 16.7 Å². The Kier molecular flexibility index (Phi) is 4.03.